The lowest BCUT2D eigenvalue weighted by Gasteiger charge is -2.21. The zero-order valence-corrected chi connectivity index (χ0v) is 11.1. The van der Waals surface area contributed by atoms with Crippen LogP contribution in [0.25, 0.3) is 10.9 Å². The minimum atomic E-state index is 0.696. The third-order valence-electron chi connectivity index (χ3n) is 2.98. The Balaban J connectivity index is 2.50. The summed E-state index contributed by atoms with van der Waals surface area (Å²) in [7, 11) is 3.76. The van der Waals surface area contributed by atoms with Crippen LogP contribution in [0, 0.1) is 6.92 Å². The van der Waals surface area contributed by atoms with Gasteiger partial charge in [0.25, 0.3) is 0 Å². The van der Waals surface area contributed by atoms with Crippen molar-refractivity contribution in [2.75, 3.05) is 37.9 Å². The van der Waals surface area contributed by atoms with Gasteiger partial charge in [-0.25, -0.2) is 0 Å². The molecule has 0 aliphatic carbocycles. The van der Waals surface area contributed by atoms with Crippen molar-refractivity contribution in [3.8, 4) is 0 Å². The zero-order valence-electron chi connectivity index (χ0n) is 11.1. The second kappa shape index (κ2) is 5.23. The van der Waals surface area contributed by atoms with Crippen LogP contribution in [0.5, 0.6) is 0 Å². The number of nitrogen functional groups attached to an aromatic ring is 1. The lowest BCUT2D eigenvalue weighted by Crippen LogP contribution is -2.22. The summed E-state index contributed by atoms with van der Waals surface area (Å²) in [4.78, 5) is 6.69. The van der Waals surface area contributed by atoms with E-state index < -0.39 is 0 Å². The molecular formula is C14H19N3O. The van der Waals surface area contributed by atoms with Crippen molar-refractivity contribution in [2.45, 2.75) is 6.92 Å². The number of benzene rings is 1. The number of pyridine rings is 1. The third-order valence-corrected chi connectivity index (χ3v) is 2.98. The SMILES string of the molecule is COCCN(C)c1cc(C)nc2ccc(N)cc12. The largest absolute Gasteiger partial charge is 0.399 e. The van der Waals surface area contributed by atoms with E-state index in [0.29, 0.717) is 6.61 Å². The van der Waals surface area contributed by atoms with Crippen molar-refractivity contribution in [1.82, 2.24) is 4.98 Å². The van der Waals surface area contributed by atoms with Gasteiger partial charge in [0.15, 0.2) is 0 Å². The van der Waals surface area contributed by atoms with Gasteiger partial charge in [0.2, 0.25) is 0 Å². The van der Waals surface area contributed by atoms with E-state index in [1.54, 1.807) is 7.11 Å². The van der Waals surface area contributed by atoms with E-state index in [1.807, 2.05) is 25.1 Å². The van der Waals surface area contributed by atoms with Gasteiger partial charge in [0.1, 0.15) is 0 Å². The highest BCUT2D eigenvalue weighted by molar-refractivity contribution is 5.93. The molecule has 0 bridgehead atoms. The molecule has 0 aliphatic heterocycles. The molecule has 0 amide bonds. The number of nitrogens with zero attached hydrogens (tertiary/aromatic N) is 2. The molecule has 0 fully saturated rings. The molecule has 96 valence electrons. The summed E-state index contributed by atoms with van der Waals surface area (Å²) in [5.41, 5.74) is 9.74. The molecular weight excluding hydrogens is 226 g/mol. The number of nitrogens with two attached hydrogens (primary N) is 1. The van der Waals surface area contributed by atoms with Gasteiger partial charge in [-0.3, -0.25) is 4.98 Å². The van der Waals surface area contributed by atoms with Crippen molar-refractivity contribution in [3.05, 3.63) is 30.0 Å². The molecule has 0 saturated heterocycles. The smallest absolute Gasteiger partial charge is 0.0727 e. The molecule has 1 aromatic heterocycles. The Morgan fingerprint density at radius 3 is 2.83 bits per heavy atom. The molecule has 4 heteroatoms. The van der Waals surface area contributed by atoms with Crippen LogP contribution in [0.1, 0.15) is 5.69 Å². The average Bonchev–Trinajstić information content (AvgIpc) is 2.35. The maximum atomic E-state index is 5.86. The summed E-state index contributed by atoms with van der Waals surface area (Å²) in [5.74, 6) is 0. The second-order valence-electron chi connectivity index (χ2n) is 4.47. The summed E-state index contributed by atoms with van der Waals surface area (Å²) in [6.45, 7) is 3.54. The maximum Gasteiger partial charge on any atom is 0.0727 e. The predicted octanol–water partition coefficient (Wildman–Crippen LogP) is 2.21. The molecule has 2 N–H and O–H groups in total. The molecule has 0 aliphatic rings. The number of aromatic nitrogens is 1. The van der Waals surface area contributed by atoms with E-state index in [0.717, 1.165) is 34.5 Å². The summed E-state index contributed by atoms with van der Waals surface area (Å²) < 4.78 is 5.12. The van der Waals surface area contributed by atoms with E-state index in [4.69, 9.17) is 10.5 Å². The van der Waals surface area contributed by atoms with Crippen molar-refractivity contribution in [2.24, 2.45) is 0 Å². The summed E-state index contributed by atoms with van der Waals surface area (Å²) in [6, 6.07) is 7.90. The monoisotopic (exact) mass is 245 g/mol. The van der Waals surface area contributed by atoms with Crippen LogP contribution in [-0.4, -0.2) is 32.3 Å². The normalized spacial score (nSPS) is 10.8. The highest BCUT2D eigenvalue weighted by Gasteiger charge is 2.08. The highest BCUT2D eigenvalue weighted by Crippen LogP contribution is 2.27. The number of hydrogen-bond donors (Lipinski definition) is 1. The van der Waals surface area contributed by atoms with Crippen molar-refractivity contribution in [1.29, 1.82) is 0 Å². The Morgan fingerprint density at radius 2 is 2.11 bits per heavy atom. The molecule has 18 heavy (non-hydrogen) atoms. The van der Waals surface area contributed by atoms with Crippen LogP contribution in [-0.2, 0) is 4.74 Å². The van der Waals surface area contributed by atoms with Gasteiger partial charge in [0.05, 0.1) is 12.1 Å². The highest BCUT2D eigenvalue weighted by atomic mass is 16.5. The van der Waals surface area contributed by atoms with E-state index in [9.17, 15) is 0 Å². The molecule has 0 unspecified atom stereocenters. The number of likely N-dealkylation sites (N-methyl/N-ethyl adjacent to an activating group) is 1. The Bertz CT molecular complexity index is 554. The molecule has 2 aromatic rings. The lowest BCUT2D eigenvalue weighted by molar-refractivity contribution is 0.206. The Hall–Kier alpha value is -1.81. The van der Waals surface area contributed by atoms with E-state index >= 15 is 0 Å². The number of methoxy groups -OCH3 is 1. The first kappa shape index (κ1) is 12.6. The Labute approximate surface area is 107 Å². The van der Waals surface area contributed by atoms with Gasteiger partial charge in [-0.05, 0) is 31.2 Å². The second-order valence-corrected chi connectivity index (χ2v) is 4.47. The lowest BCUT2D eigenvalue weighted by atomic mass is 10.1. The van der Waals surface area contributed by atoms with Crippen molar-refractivity contribution >= 4 is 22.3 Å². The Kier molecular flexibility index (Phi) is 3.67. The van der Waals surface area contributed by atoms with Crippen LogP contribution in [0.3, 0.4) is 0 Å². The predicted molar refractivity (Wildman–Crippen MR) is 76.0 cm³/mol. The summed E-state index contributed by atoms with van der Waals surface area (Å²) >= 11 is 0. The summed E-state index contributed by atoms with van der Waals surface area (Å²) in [6.07, 6.45) is 0. The number of hydrogen-bond acceptors (Lipinski definition) is 4. The number of ether oxygens (including phenoxy) is 1. The molecule has 1 heterocycles. The fourth-order valence-electron chi connectivity index (χ4n) is 2.02. The minimum Gasteiger partial charge on any atom is -0.399 e. The fourth-order valence-corrected chi connectivity index (χ4v) is 2.02. The molecule has 0 radical (unpaired) electrons. The standard InChI is InChI=1S/C14H19N3O/c1-10-8-14(17(2)6-7-18-3)12-9-11(15)4-5-13(12)16-10/h4-5,8-9H,6-7,15H2,1-3H3. The van der Waals surface area contributed by atoms with Crippen LogP contribution >= 0.6 is 0 Å². The van der Waals surface area contributed by atoms with Gasteiger partial charge >= 0.3 is 0 Å². The van der Waals surface area contributed by atoms with E-state index in [-0.39, 0.29) is 0 Å². The third kappa shape index (κ3) is 2.54. The number of fused-ring (bicyclic) bond motifs is 1. The summed E-state index contributed by atoms with van der Waals surface area (Å²) in [5, 5.41) is 1.08. The number of rotatable bonds is 4. The molecule has 0 saturated carbocycles. The molecule has 0 atom stereocenters. The van der Waals surface area contributed by atoms with E-state index in [1.165, 1.54) is 0 Å². The first-order valence-corrected chi connectivity index (χ1v) is 5.99. The van der Waals surface area contributed by atoms with Crippen LogP contribution in [0.2, 0.25) is 0 Å². The van der Waals surface area contributed by atoms with Crippen molar-refractivity contribution < 1.29 is 4.74 Å². The first-order valence-electron chi connectivity index (χ1n) is 5.99. The molecule has 4 nitrogen and oxygen atoms in total. The molecule has 2 rings (SSSR count). The maximum absolute atomic E-state index is 5.86. The Morgan fingerprint density at radius 1 is 1.33 bits per heavy atom. The number of anilines is 2. The van der Waals surface area contributed by atoms with Gasteiger partial charge < -0.3 is 15.4 Å². The van der Waals surface area contributed by atoms with Gasteiger partial charge in [-0.1, -0.05) is 0 Å². The fraction of sp³-hybridized carbons (Fsp3) is 0.357. The quantitative estimate of drug-likeness (QED) is 0.839. The van der Waals surface area contributed by atoms with E-state index in [2.05, 4.69) is 23.0 Å². The zero-order chi connectivity index (χ0) is 13.1. The van der Waals surface area contributed by atoms with Crippen molar-refractivity contribution in [3.63, 3.8) is 0 Å². The van der Waals surface area contributed by atoms with Crippen LogP contribution in [0.4, 0.5) is 11.4 Å². The molecule has 1 aromatic carbocycles. The minimum absolute atomic E-state index is 0.696. The first-order chi connectivity index (χ1) is 8.61. The van der Waals surface area contributed by atoms with Crippen LogP contribution in [0.15, 0.2) is 24.3 Å². The number of aryl methyl sites for hydroxylation is 1. The van der Waals surface area contributed by atoms with Crippen LogP contribution < -0.4 is 10.6 Å². The van der Waals surface area contributed by atoms with Gasteiger partial charge in [-0.15, -0.1) is 0 Å². The molecule has 0 spiro atoms. The van der Waals surface area contributed by atoms with Gasteiger partial charge in [0, 0.05) is 43.2 Å². The van der Waals surface area contributed by atoms with Gasteiger partial charge in [-0.2, -0.15) is 0 Å². The average molecular weight is 245 g/mol. The topological polar surface area (TPSA) is 51.4 Å².